The molecule has 0 bridgehead atoms. The van der Waals surface area contributed by atoms with Crippen molar-refractivity contribution < 1.29 is 4.79 Å². The van der Waals surface area contributed by atoms with E-state index in [1.165, 1.54) is 0 Å². The average Bonchev–Trinajstić information content (AvgIpc) is 3.12. The van der Waals surface area contributed by atoms with E-state index in [1.807, 2.05) is 56.1 Å². The molecule has 3 rings (SSSR count). The number of likely N-dealkylation sites (tertiary alicyclic amines) is 1. The molecule has 2 aromatic rings. The number of rotatable bonds is 4. The van der Waals surface area contributed by atoms with Crippen LogP contribution >= 0.6 is 24.0 Å². The number of aryl methyl sites for hydroxylation is 1. The maximum Gasteiger partial charge on any atom is 0.255 e. The van der Waals surface area contributed by atoms with Crippen LogP contribution in [0.25, 0.3) is 5.69 Å². The number of halogens is 2. The normalized spacial score (nSPS) is 16.8. The highest BCUT2D eigenvalue weighted by molar-refractivity contribution is 6.30. The van der Waals surface area contributed by atoms with E-state index in [4.69, 9.17) is 11.6 Å². The van der Waals surface area contributed by atoms with Crippen LogP contribution in [0.1, 0.15) is 28.2 Å². The lowest BCUT2D eigenvalue weighted by Gasteiger charge is -2.17. The predicted molar refractivity (Wildman–Crippen MR) is 105 cm³/mol. The maximum atomic E-state index is 12.9. The van der Waals surface area contributed by atoms with Crippen molar-refractivity contribution in [3.8, 4) is 5.69 Å². The number of carbonyl (C=O) groups excluding carboxylic acids is 1. The lowest BCUT2D eigenvalue weighted by Crippen LogP contribution is -2.30. The molecule has 0 radical (unpaired) electrons. The van der Waals surface area contributed by atoms with Crippen LogP contribution < -0.4 is 5.32 Å². The molecule has 25 heavy (non-hydrogen) atoms. The van der Waals surface area contributed by atoms with Crippen LogP contribution in [-0.2, 0) is 0 Å². The number of aromatic nitrogens is 1. The van der Waals surface area contributed by atoms with Gasteiger partial charge in [0.15, 0.2) is 0 Å². The molecule has 1 fully saturated rings. The van der Waals surface area contributed by atoms with Gasteiger partial charge in [-0.25, -0.2) is 0 Å². The van der Waals surface area contributed by atoms with E-state index in [1.54, 1.807) is 0 Å². The van der Waals surface area contributed by atoms with Crippen LogP contribution in [-0.4, -0.2) is 42.1 Å². The molecule has 0 spiro atoms. The molecule has 2 heterocycles. The summed E-state index contributed by atoms with van der Waals surface area (Å²) in [6.07, 6.45) is 1.07. The first-order valence-electron chi connectivity index (χ1n) is 8.40. The van der Waals surface area contributed by atoms with Crippen molar-refractivity contribution in [2.45, 2.75) is 20.3 Å². The largest absolute Gasteiger partial charge is 0.338 e. The number of benzene rings is 1. The van der Waals surface area contributed by atoms with Crippen molar-refractivity contribution in [2.75, 3.05) is 26.7 Å². The van der Waals surface area contributed by atoms with Gasteiger partial charge in [0, 0.05) is 35.2 Å². The quantitative estimate of drug-likeness (QED) is 0.872. The second kappa shape index (κ2) is 8.26. The van der Waals surface area contributed by atoms with Crippen LogP contribution in [0.15, 0.2) is 30.3 Å². The standard InChI is InChI=1S/C19H24ClN3O.ClH/c1-13-9-18(19(24)22-8-7-15(12-22)11-21-3)14(2)23(13)17-6-4-5-16(20)10-17;/h4-6,9-10,15,21H,7-8,11-12H2,1-3H3;1H. The summed E-state index contributed by atoms with van der Waals surface area (Å²) in [4.78, 5) is 14.9. The van der Waals surface area contributed by atoms with Crippen molar-refractivity contribution in [2.24, 2.45) is 5.92 Å². The van der Waals surface area contributed by atoms with Gasteiger partial charge in [0.2, 0.25) is 0 Å². The number of amides is 1. The fraction of sp³-hybridized carbons (Fsp3) is 0.421. The average molecular weight is 382 g/mol. The van der Waals surface area contributed by atoms with Crippen LogP contribution in [0.3, 0.4) is 0 Å². The third-order valence-corrected chi connectivity index (χ3v) is 5.03. The minimum absolute atomic E-state index is 0. The van der Waals surface area contributed by atoms with Crippen LogP contribution in [0, 0.1) is 19.8 Å². The van der Waals surface area contributed by atoms with E-state index in [0.717, 1.165) is 48.7 Å². The van der Waals surface area contributed by atoms with E-state index in [-0.39, 0.29) is 18.3 Å². The summed E-state index contributed by atoms with van der Waals surface area (Å²) in [5.41, 5.74) is 3.80. The van der Waals surface area contributed by atoms with Gasteiger partial charge < -0.3 is 14.8 Å². The second-order valence-electron chi connectivity index (χ2n) is 6.56. The number of hydrogen-bond donors (Lipinski definition) is 1. The van der Waals surface area contributed by atoms with Gasteiger partial charge in [0.25, 0.3) is 5.91 Å². The number of carbonyl (C=O) groups is 1. The van der Waals surface area contributed by atoms with Gasteiger partial charge in [-0.2, -0.15) is 0 Å². The van der Waals surface area contributed by atoms with Gasteiger partial charge in [-0.05, 0) is 64.0 Å². The highest BCUT2D eigenvalue weighted by Gasteiger charge is 2.28. The molecule has 1 N–H and O–H groups in total. The molecule has 1 atom stereocenters. The Kier molecular flexibility index (Phi) is 6.55. The van der Waals surface area contributed by atoms with Crippen molar-refractivity contribution in [3.63, 3.8) is 0 Å². The Bertz CT molecular complexity index is 757. The molecule has 1 aromatic heterocycles. The summed E-state index contributed by atoms with van der Waals surface area (Å²) in [5.74, 6) is 0.686. The Morgan fingerprint density at radius 2 is 2.08 bits per heavy atom. The number of hydrogen-bond acceptors (Lipinski definition) is 2. The lowest BCUT2D eigenvalue weighted by molar-refractivity contribution is 0.0786. The van der Waals surface area contributed by atoms with Gasteiger partial charge in [-0.3, -0.25) is 4.79 Å². The summed E-state index contributed by atoms with van der Waals surface area (Å²) in [6, 6.07) is 9.72. The van der Waals surface area contributed by atoms with Gasteiger partial charge in [0.05, 0.1) is 5.56 Å². The minimum atomic E-state index is 0. The summed E-state index contributed by atoms with van der Waals surface area (Å²) >= 11 is 6.12. The monoisotopic (exact) mass is 381 g/mol. The lowest BCUT2D eigenvalue weighted by atomic mass is 10.1. The molecule has 1 aliphatic heterocycles. The molecule has 4 nitrogen and oxygen atoms in total. The van der Waals surface area contributed by atoms with Gasteiger partial charge >= 0.3 is 0 Å². The third kappa shape index (κ3) is 4.02. The molecule has 1 unspecified atom stereocenters. The predicted octanol–water partition coefficient (Wildman–Crippen LogP) is 3.85. The first-order chi connectivity index (χ1) is 11.5. The van der Waals surface area contributed by atoms with Gasteiger partial charge in [-0.1, -0.05) is 17.7 Å². The summed E-state index contributed by atoms with van der Waals surface area (Å²) < 4.78 is 2.10. The molecule has 0 saturated carbocycles. The highest BCUT2D eigenvalue weighted by atomic mass is 35.5. The number of nitrogens with zero attached hydrogens (tertiary/aromatic N) is 2. The summed E-state index contributed by atoms with van der Waals surface area (Å²) in [5, 5.41) is 3.90. The van der Waals surface area contributed by atoms with Crippen LogP contribution in [0.4, 0.5) is 0 Å². The molecule has 136 valence electrons. The molecule has 1 aliphatic rings. The van der Waals surface area contributed by atoms with Crippen molar-refractivity contribution in [3.05, 3.63) is 52.3 Å². The fourth-order valence-corrected chi connectivity index (χ4v) is 3.82. The summed E-state index contributed by atoms with van der Waals surface area (Å²) in [6.45, 7) is 6.67. The molecule has 0 aliphatic carbocycles. The van der Waals surface area contributed by atoms with Crippen LogP contribution in [0.2, 0.25) is 5.02 Å². The Labute approximate surface area is 160 Å². The zero-order valence-electron chi connectivity index (χ0n) is 14.9. The Morgan fingerprint density at radius 1 is 1.32 bits per heavy atom. The first kappa shape index (κ1) is 19.8. The molecule has 1 saturated heterocycles. The van der Waals surface area contributed by atoms with Gasteiger partial charge in [0.1, 0.15) is 0 Å². The first-order valence-corrected chi connectivity index (χ1v) is 8.77. The molecule has 1 amide bonds. The van der Waals surface area contributed by atoms with E-state index in [0.29, 0.717) is 10.9 Å². The van der Waals surface area contributed by atoms with Crippen LogP contribution in [0.5, 0.6) is 0 Å². The zero-order chi connectivity index (χ0) is 17.3. The number of nitrogens with one attached hydrogen (secondary N) is 1. The van der Waals surface area contributed by atoms with Crippen molar-refractivity contribution >= 4 is 29.9 Å². The Morgan fingerprint density at radius 3 is 2.76 bits per heavy atom. The van der Waals surface area contributed by atoms with E-state index in [2.05, 4.69) is 9.88 Å². The Balaban J connectivity index is 0.00000225. The zero-order valence-corrected chi connectivity index (χ0v) is 16.5. The topological polar surface area (TPSA) is 37.3 Å². The fourth-order valence-electron chi connectivity index (χ4n) is 3.63. The third-order valence-electron chi connectivity index (χ3n) is 4.79. The Hall–Kier alpha value is -1.49. The van der Waals surface area contributed by atoms with Crippen molar-refractivity contribution in [1.82, 2.24) is 14.8 Å². The SMILES string of the molecule is CNCC1CCN(C(=O)c2cc(C)n(-c3cccc(Cl)c3)c2C)C1.Cl. The summed E-state index contributed by atoms with van der Waals surface area (Å²) in [7, 11) is 1.96. The molecule has 6 heteroatoms. The highest BCUT2D eigenvalue weighted by Crippen LogP contribution is 2.25. The smallest absolute Gasteiger partial charge is 0.255 e. The second-order valence-corrected chi connectivity index (χ2v) is 7.00. The van der Waals surface area contributed by atoms with Crippen molar-refractivity contribution in [1.29, 1.82) is 0 Å². The minimum Gasteiger partial charge on any atom is -0.338 e. The van der Waals surface area contributed by atoms with E-state index >= 15 is 0 Å². The maximum absolute atomic E-state index is 12.9. The molecular formula is C19H25Cl2N3O. The van der Waals surface area contributed by atoms with E-state index < -0.39 is 0 Å². The van der Waals surface area contributed by atoms with E-state index in [9.17, 15) is 4.79 Å². The molecular weight excluding hydrogens is 357 g/mol. The molecule has 1 aromatic carbocycles. The van der Waals surface area contributed by atoms with Gasteiger partial charge in [-0.15, -0.1) is 12.4 Å².